The van der Waals surface area contributed by atoms with E-state index in [1.54, 1.807) is 19.2 Å². The molecule has 1 heterocycles. The fourth-order valence-corrected chi connectivity index (χ4v) is 3.43. The maximum Gasteiger partial charge on any atom is 0.230 e. The minimum absolute atomic E-state index is 0.109. The number of hydrogen-bond donors (Lipinski definition) is 2. The third kappa shape index (κ3) is 5.49. The van der Waals surface area contributed by atoms with Gasteiger partial charge in [-0.2, -0.15) is 5.26 Å². The number of carbonyl (C=O) groups is 2. The summed E-state index contributed by atoms with van der Waals surface area (Å²) >= 11 is 7.05. The second-order valence-electron chi connectivity index (χ2n) is 5.34. The van der Waals surface area contributed by atoms with Gasteiger partial charge in [0.25, 0.3) is 0 Å². The van der Waals surface area contributed by atoms with Gasteiger partial charge < -0.3 is 15.4 Å². The fraction of sp³-hybridized carbons (Fsp3) is 0.353. The van der Waals surface area contributed by atoms with Gasteiger partial charge in [0.2, 0.25) is 11.8 Å². The summed E-state index contributed by atoms with van der Waals surface area (Å²) in [6.45, 7) is 0.845. The molecule has 0 aliphatic carbocycles. The highest BCUT2D eigenvalue weighted by molar-refractivity contribution is 8.03. The van der Waals surface area contributed by atoms with Crippen LogP contribution in [0.4, 0.5) is 0 Å². The lowest BCUT2D eigenvalue weighted by Gasteiger charge is -2.25. The van der Waals surface area contributed by atoms with E-state index >= 15 is 0 Å². The summed E-state index contributed by atoms with van der Waals surface area (Å²) in [7, 11) is 1.55. The van der Waals surface area contributed by atoms with E-state index in [0.717, 1.165) is 17.3 Å². The zero-order chi connectivity index (χ0) is 18.2. The van der Waals surface area contributed by atoms with Gasteiger partial charge in [0.1, 0.15) is 0 Å². The first-order valence-corrected chi connectivity index (χ1v) is 8.99. The molecule has 0 spiro atoms. The Morgan fingerprint density at radius 3 is 2.84 bits per heavy atom. The molecule has 0 saturated heterocycles. The van der Waals surface area contributed by atoms with E-state index in [-0.39, 0.29) is 29.9 Å². The van der Waals surface area contributed by atoms with E-state index in [4.69, 9.17) is 16.3 Å². The first kappa shape index (κ1) is 19.3. The van der Waals surface area contributed by atoms with Gasteiger partial charge in [-0.05, 0) is 17.7 Å². The molecule has 0 saturated carbocycles. The van der Waals surface area contributed by atoms with Crippen LogP contribution in [-0.4, -0.2) is 37.8 Å². The summed E-state index contributed by atoms with van der Waals surface area (Å²) in [5.74, 6) is -0.594. The molecule has 1 atom stereocenters. The number of benzene rings is 1. The maximum absolute atomic E-state index is 12.0. The number of carbonyl (C=O) groups excluding carboxylic acids is 2. The van der Waals surface area contributed by atoms with Gasteiger partial charge in [0.05, 0.1) is 29.0 Å². The van der Waals surface area contributed by atoms with Crippen LogP contribution in [0.3, 0.4) is 0 Å². The minimum atomic E-state index is -0.338. The molecule has 1 aromatic carbocycles. The SMILES string of the molecule is COCCNC(=O)CSC1=C(C#N)[C@@H](c2ccc(Cl)cc2)CC(=O)N1. The van der Waals surface area contributed by atoms with Crippen molar-refractivity contribution in [2.75, 3.05) is 26.0 Å². The Hall–Kier alpha value is -2.01. The molecule has 1 aliphatic heterocycles. The highest BCUT2D eigenvalue weighted by Gasteiger charge is 2.29. The molecule has 2 N–H and O–H groups in total. The van der Waals surface area contributed by atoms with Crippen molar-refractivity contribution in [2.24, 2.45) is 0 Å². The number of nitriles is 1. The Morgan fingerprint density at radius 2 is 2.20 bits per heavy atom. The molecule has 0 unspecified atom stereocenters. The summed E-state index contributed by atoms with van der Waals surface area (Å²) in [6.07, 6.45) is 0.189. The second-order valence-corrected chi connectivity index (χ2v) is 6.76. The van der Waals surface area contributed by atoms with Crippen LogP contribution in [0.25, 0.3) is 0 Å². The number of rotatable bonds is 7. The number of halogens is 1. The molecule has 2 amide bonds. The number of hydrogen-bond acceptors (Lipinski definition) is 5. The summed E-state index contributed by atoms with van der Waals surface area (Å²) in [5.41, 5.74) is 1.30. The summed E-state index contributed by atoms with van der Waals surface area (Å²) < 4.78 is 4.87. The Morgan fingerprint density at radius 1 is 1.48 bits per heavy atom. The highest BCUT2D eigenvalue weighted by atomic mass is 35.5. The molecule has 25 heavy (non-hydrogen) atoms. The topological polar surface area (TPSA) is 91.2 Å². The maximum atomic E-state index is 12.0. The minimum Gasteiger partial charge on any atom is -0.383 e. The van der Waals surface area contributed by atoms with Gasteiger partial charge in [0, 0.05) is 31.0 Å². The van der Waals surface area contributed by atoms with E-state index < -0.39 is 0 Å². The zero-order valence-electron chi connectivity index (χ0n) is 13.7. The van der Waals surface area contributed by atoms with Crippen LogP contribution in [0.15, 0.2) is 34.9 Å². The fourth-order valence-electron chi connectivity index (χ4n) is 2.39. The van der Waals surface area contributed by atoms with Crippen molar-refractivity contribution in [1.82, 2.24) is 10.6 Å². The van der Waals surface area contributed by atoms with Crippen molar-refractivity contribution in [1.29, 1.82) is 5.26 Å². The Labute approximate surface area is 155 Å². The molecule has 1 aromatic rings. The first-order chi connectivity index (χ1) is 12.0. The zero-order valence-corrected chi connectivity index (χ0v) is 15.2. The monoisotopic (exact) mass is 379 g/mol. The normalized spacial score (nSPS) is 17.0. The van der Waals surface area contributed by atoms with Crippen LogP contribution >= 0.6 is 23.4 Å². The molecule has 0 fully saturated rings. The molecule has 6 nitrogen and oxygen atoms in total. The number of amides is 2. The third-order valence-electron chi connectivity index (χ3n) is 3.60. The summed E-state index contributed by atoms with van der Waals surface area (Å²) in [5, 5.41) is 16.0. The van der Waals surface area contributed by atoms with Gasteiger partial charge in [0.15, 0.2) is 0 Å². The van der Waals surface area contributed by atoms with Crippen molar-refractivity contribution >= 4 is 35.2 Å². The number of thioether (sulfide) groups is 1. The third-order valence-corrected chi connectivity index (χ3v) is 4.87. The van der Waals surface area contributed by atoms with Gasteiger partial charge in [-0.3, -0.25) is 9.59 Å². The van der Waals surface area contributed by atoms with Crippen molar-refractivity contribution in [3.8, 4) is 6.07 Å². The molecule has 0 bridgehead atoms. The Kier molecular flexibility index (Phi) is 7.31. The molecule has 132 valence electrons. The number of allylic oxidation sites excluding steroid dienone is 1. The van der Waals surface area contributed by atoms with E-state index in [9.17, 15) is 14.9 Å². The van der Waals surface area contributed by atoms with Crippen LogP contribution < -0.4 is 10.6 Å². The predicted octanol–water partition coefficient (Wildman–Crippen LogP) is 2.17. The number of ether oxygens (including phenoxy) is 1. The van der Waals surface area contributed by atoms with Crippen LogP contribution in [0, 0.1) is 11.3 Å². The van der Waals surface area contributed by atoms with Crippen molar-refractivity contribution in [3.05, 3.63) is 45.5 Å². The average Bonchev–Trinajstić information content (AvgIpc) is 2.60. The van der Waals surface area contributed by atoms with Crippen LogP contribution in [0.5, 0.6) is 0 Å². The predicted molar refractivity (Wildman–Crippen MR) is 96.9 cm³/mol. The van der Waals surface area contributed by atoms with E-state index in [1.165, 1.54) is 0 Å². The van der Waals surface area contributed by atoms with Gasteiger partial charge in [-0.1, -0.05) is 35.5 Å². The van der Waals surface area contributed by atoms with Crippen molar-refractivity contribution < 1.29 is 14.3 Å². The average molecular weight is 380 g/mol. The molecule has 1 aliphatic rings. The van der Waals surface area contributed by atoms with Crippen molar-refractivity contribution in [2.45, 2.75) is 12.3 Å². The van der Waals surface area contributed by atoms with Gasteiger partial charge >= 0.3 is 0 Å². The quantitative estimate of drug-likeness (QED) is 0.708. The Balaban J connectivity index is 2.13. The van der Waals surface area contributed by atoms with E-state index in [0.29, 0.717) is 28.8 Å². The molecular weight excluding hydrogens is 362 g/mol. The number of nitrogens with zero attached hydrogens (tertiary/aromatic N) is 1. The summed E-state index contributed by atoms with van der Waals surface area (Å²) in [6, 6.07) is 9.25. The van der Waals surface area contributed by atoms with Crippen molar-refractivity contribution in [3.63, 3.8) is 0 Å². The molecule has 2 rings (SSSR count). The second kappa shape index (κ2) is 9.47. The van der Waals surface area contributed by atoms with Gasteiger partial charge in [-0.15, -0.1) is 0 Å². The number of methoxy groups -OCH3 is 1. The smallest absolute Gasteiger partial charge is 0.230 e. The first-order valence-electron chi connectivity index (χ1n) is 7.63. The van der Waals surface area contributed by atoms with E-state index in [1.807, 2.05) is 12.1 Å². The largest absolute Gasteiger partial charge is 0.383 e. The Bertz CT molecular complexity index is 713. The number of nitrogens with one attached hydrogen (secondary N) is 2. The van der Waals surface area contributed by atoms with Crippen LogP contribution in [0.1, 0.15) is 17.9 Å². The van der Waals surface area contributed by atoms with E-state index in [2.05, 4.69) is 16.7 Å². The molecule has 0 aromatic heterocycles. The van der Waals surface area contributed by atoms with Crippen LogP contribution in [-0.2, 0) is 14.3 Å². The van der Waals surface area contributed by atoms with Crippen LogP contribution in [0.2, 0.25) is 5.02 Å². The summed E-state index contributed by atoms with van der Waals surface area (Å²) in [4.78, 5) is 23.8. The molecule has 0 radical (unpaired) electrons. The molecule has 8 heteroatoms. The molecular formula is C17H18ClN3O3S. The standard InChI is InChI=1S/C17H18ClN3O3S/c1-24-7-6-20-16(23)10-25-17-14(9-19)13(8-15(22)21-17)11-2-4-12(18)5-3-11/h2-5,13H,6-8,10H2,1H3,(H,20,23)(H,21,22)/t13-/m1/s1. The lowest BCUT2D eigenvalue weighted by Crippen LogP contribution is -2.33. The van der Waals surface area contributed by atoms with Gasteiger partial charge in [-0.25, -0.2) is 0 Å². The lowest BCUT2D eigenvalue weighted by atomic mass is 9.87. The lowest BCUT2D eigenvalue weighted by molar-refractivity contribution is -0.121. The highest BCUT2D eigenvalue weighted by Crippen LogP contribution is 2.36.